The number of esters is 1. The van der Waals surface area contributed by atoms with Gasteiger partial charge in [0.2, 0.25) is 5.75 Å². The van der Waals surface area contributed by atoms with Crippen LogP contribution in [0.5, 0.6) is 23.0 Å². The molecular weight excluding hydrogens is 564 g/mol. The smallest absolute Gasteiger partial charge is 0.350 e. The number of carbonyl (C=O) groups is 3. The van der Waals surface area contributed by atoms with Crippen LogP contribution in [-0.4, -0.2) is 62.8 Å². The molecule has 0 saturated carbocycles. The number of methoxy groups -OCH3 is 4. The summed E-state index contributed by atoms with van der Waals surface area (Å²) in [5.41, 5.74) is 1.42. The third-order valence-corrected chi connectivity index (χ3v) is 7.78. The summed E-state index contributed by atoms with van der Waals surface area (Å²) in [6.45, 7) is 6.87. The topological polar surface area (TPSA) is 134 Å². The third-order valence-electron chi connectivity index (χ3n) is 6.64. The Morgan fingerprint density at radius 2 is 1.71 bits per heavy atom. The highest BCUT2D eigenvalue weighted by Gasteiger charge is 2.49. The van der Waals surface area contributed by atoms with Crippen molar-refractivity contribution in [1.29, 1.82) is 0 Å². The number of aromatic nitrogens is 1. The highest BCUT2D eigenvalue weighted by atomic mass is 32.1. The van der Waals surface area contributed by atoms with Gasteiger partial charge in [-0.3, -0.25) is 14.5 Å². The van der Waals surface area contributed by atoms with Crippen molar-refractivity contribution >= 4 is 39.9 Å². The lowest BCUT2D eigenvalue weighted by Crippen LogP contribution is -2.29. The number of Topliss-reactive ketones (excluding diaryl/α,β-unsaturated/α-hetero) is 1. The van der Waals surface area contributed by atoms with Crippen molar-refractivity contribution in [3.8, 4) is 23.0 Å². The molecule has 0 unspecified atom stereocenters. The first-order valence-corrected chi connectivity index (χ1v) is 13.4. The molecule has 1 N–H and O–H groups in total. The summed E-state index contributed by atoms with van der Waals surface area (Å²) in [7, 11) is 5.83. The number of rotatable bonds is 10. The summed E-state index contributed by atoms with van der Waals surface area (Å²) in [6, 6.07) is 6.92. The van der Waals surface area contributed by atoms with Gasteiger partial charge in [0.05, 0.1) is 45.7 Å². The first-order valence-electron chi connectivity index (χ1n) is 12.6. The number of hydrogen-bond acceptors (Lipinski definition) is 11. The van der Waals surface area contributed by atoms with Gasteiger partial charge in [-0.05, 0) is 55.3 Å². The fourth-order valence-corrected chi connectivity index (χ4v) is 5.64. The minimum atomic E-state index is -1.18. The van der Waals surface area contributed by atoms with E-state index in [1.807, 2.05) is 0 Å². The van der Waals surface area contributed by atoms with Gasteiger partial charge in [-0.2, -0.15) is 0 Å². The van der Waals surface area contributed by atoms with Crippen LogP contribution in [0.3, 0.4) is 0 Å². The number of aliphatic hydroxyl groups excluding tert-OH is 1. The highest BCUT2D eigenvalue weighted by Crippen LogP contribution is 2.48. The van der Waals surface area contributed by atoms with E-state index in [0.29, 0.717) is 33.9 Å². The molecule has 0 radical (unpaired) electrons. The molecule has 0 bridgehead atoms. The molecule has 2 heterocycles. The van der Waals surface area contributed by atoms with E-state index >= 15 is 0 Å². The lowest BCUT2D eigenvalue weighted by atomic mass is 9.93. The van der Waals surface area contributed by atoms with Crippen LogP contribution in [0.25, 0.3) is 5.76 Å². The normalized spacial score (nSPS) is 15.9. The number of ether oxygens (including phenoxy) is 5. The maximum absolute atomic E-state index is 13.7. The molecule has 1 aromatic heterocycles. The Hall–Kier alpha value is -4.84. The predicted octanol–water partition coefficient (Wildman–Crippen LogP) is 4.76. The zero-order chi connectivity index (χ0) is 30.7. The molecular formula is C30H30N2O9S. The first kappa shape index (κ1) is 30.1. The number of benzene rings is 2. The molecule has 220 valence electrons. The molecule has 1 atom stereocenters. The molecule has 3 aromatic rings. The first-order chi connectivity index (χ1) is 20.1. The molecule has 1 amide bonds. The maximum atomic E-state index is 13.7. The Balaban J connectivity index is 1.99. The number of hydrogen-bond donors (Lipinski definition) is 1. The van der Waals surface area contributed by atoms with Crippen molar-refractivity contribution in [3.05, 3.63) is 75.8 Å². The number of thiazole rings is 1. The molecule has 12 heteroatoms. The number of carbonyl (C=O) groups excluding carboxylic acids is 3. The number of anilines is 1. The van der Waals surface area contributed by atoms with Gasteiger partial charge >= 0.3 is 11.9 Å². The number of amides is 1. The molecule has 0 aliphatic carbocycles. The largest absolute Gasteiger partial charge is 0.507 e. The van der Waals surface area contributed by atoms with Gasteiger partial charge in [-0.25, -0.2) is 9.78 Å². The molecule has 1 aliphatic heterocycles. The van der Waals surface area contributed by atoms with Gasteiger partial charge in [-0.15, -0.1) is 0 Å². The predicted molar refractivity (Wildman–Crippen MR) is 156 cm³/mol. The SMILES string of the molecule is C=CCOC(=O)c1sc(N2C(=O)C(=O)C(=C(O)c3ccc(OC)cc3C)[C@H]2c2cc(OC)c(OC)c(OC)c2)nc1C. The van der Waals surface area contributed by atoms with Crippen LogP contribution in [0.2, 0.25) is 0 Å². The lowest BCUT2D eigenvalue weighted by molar-refractivity contribution is -0.132. The highest BCUT2D eigenvalue weighted by molar-refractivity contribution is 7.17. The molecule has 1 saturated heterocycles. The van der Waals surface area contributed by atoms with Crippen molar-refractivity contribution in [1.82, 2.24) is 4.98 Å². The lowest BCUT2D eigenvalue weighted by Gasteiger charge is -2.24. The number of nitrogens with zero attached hydrogens (tertiary/aromatic N) is 2. The Kier molecular flexibility index (Phi) is 8.86. The average Bonchev–Trinajstić information content (AvgIpc) is 3.50. The van der Waals surface area contributed by atoms with Gasteiger partial charge in [0.1, 0.15) is 23.0 Å². The summed E-state index contributed by atoms with van der Waals surface area (Å²) in [5.74, 6) is -1.54. The minimum Gasteiger partial charge on any atom is -0.507 e. The molecule has 4 rings (SSSR count). The second kappa shape index (κ2) is 12.4. The minimum absolute atomic E-state index is 0.0112. The molecule has 0 spiro atoms. The Morgan fingerprint density at radius 3 is 2.26 bits per heavy atom. The van der Waals surface area contributed by atoms with Crippen molar-refractivity contribution < 1.29 is 43.2 Å². The molecule has 1 aliphatic rings. The fourth-order valence-electron chi connectivity index (χ4n) is 4.65. The summed E-state index contributed by atoms with van der Waals surface area (Å²) < 4.78 is 26.9. The zero-order valence-electron chi connectivity index (χ0n) is 24.0. The van der Waals surface area contributed by atoms with E-state index in [9.17, 15) is 19.5 Å². The van der Waals surface area contributed by atoms with Crippen molar-refractivity contribution in [2.45, 2.75) is 19.9 Å². The molecule has 2 aromatic carbocycles. The summed E-state index contributed by atoms with van der Waals surface area (Å²) in [4.78, 5) is 45.8. The van der Waals surface area contributed by atoms with E-state index in [0.717, 1.165) is 16.2 Å². The summed E-state index contributed by atoms with van der Waals surface area (Å²) in [6.07, 6.45) is 1.43. The van der Waals surface area contributed by atoms with Crippen LogP contribution in [0.1, 0.15) is 38.1 Å². The summed E-state index contributed by atoms with van der Waals surface area (Å²) >= 11 is 0.890. The van der Waals surface area contributed by atoms with E-state index in [-0.39, 0.29) is 33.7 Å². The van der Waals surface area contributed by atoms with Crippen LogP contribution in [0, 0.1) is 13.8 Å². The van der Waals surface area contributed by atoms with E-state index < -0.39 is 29.5 Å². The van der Waals surface area contributed by atoms with Crippen LogP contribution in [0.15, 0.2) is 48.6 Å². The Bertz CT molecular complexity index is 1580. The van der Waals surface area contributed by atoms with Gasteiger partial charge in [0.15, 0.2) is 16.6 Å². The number of aryl methyl sites for hydroxylation is 2. The van der Waals surface area contributed by atoms with Crippen LogP contribution in [0.4, 0.5) is 5.13 Å². The van der Waals surface area contributed by atoms with E-state index in [1.54, 1.807) is 44.2 Å². The standard InChI is InChI=1S/C30H30N2O9S/c1-8-11-41-29(36)27-16(3)31-30(42-27)32-23(17-13-20(38-5)26(40-7)21(14-17)39-6)22(25(34)28(32)35)24(33)19-10-9-18(37-4)12-15(19)2/h8-10,12-14,23,33H,1,11H2,2-7H3/t23-/m1/s1. The van der Waals surface area contributed by atoms with Crippen LogP contribution in [-0.2, 0) is 14.3 Å². The molecule has 1 fully saturated rings. The fraction of sp³-hybridized carbons (Fsp3) is 0.267. The van der Waals surface area contributed by atoms with E-state index in [2.05, 4.69) is 11.6 Å². The quantitative estimate of drug-likeness (QED) is 0.115. The third kappa shape index (κ3) is 5.28. The van der Waals surface area contributed by atoms with E-state index in [1.165, 1.54) is 34.5 Å². The second-order valence-corrected chi connectivity index (χ2v) is 10.1. The zero-order valence-corrected chi connectivity index (χ0v) is 24.8. The van der Waals surface area contributed by atoms with Crippen molar-refractivity contribution in [2.24, 2.45) is 0 Å². The second-order valence-electron chi connectivity index (χ2n) is 9.11. The monoisotopic (exact) mass is 594 g/mol. The Labute approximate surface area is 246 Å². The number of aliphatic hydroxyl groups is 1. The van der Waals surface area contributed by atoms with E-state index in [4.69, 9.17) is 23.7 Å². The van der Waals surface area contributed by atoms with Gasteiger partial charge in [-0.1, -0.05) is 24.0 Å². The van der Waals surface area contributed by atoms with Crippen molar-refractivity contribution in [2.75, 3.05) is 39.9 Å². The van der Waals surface area contributed by atoms with Gasteiger partial charge in [0, 0.05) is 5.56 Å². The van der Waals surface area contributed by atoms with Gasteiger partial charge < -0.3 is 28.8 Å². The molecule has 11 nitrogen and oxygen atoms in total. The number of ketones is 1. The summed E-state index contributed by atoms with van der Waals surface area (Å²) in [5, 5.41) is 11.7. The van der Waals surface area contributed by atoms with Crippen molar-refractivity contribution in [3.63, 3.8) is 0 Å². The van der Waals surface area contributed by atoms with Crippen LogP contribution < -0.4 is 23.8 Å². The van der Waals surface area contributed by atoms with Crippen LogP contribution >= 0.6 is 11.3 Å². The average molecular weight is 595 g/mol. The molecule has 42 heavy (non-hydrogen) atoms. The Morgan fingerprint density at radius 1 is 1.05 bits per heavy atom. The maximum Gasteiger partial charge on any atom is 0.350 e. The van der Waals surface area contributed by atoms with Gasteiger partial charge in [0.25, 0.3) is 5.78 Å².